The Hall–Kier alpha value is -5.84. The first kappa shape index (κ1) is 25.4. The highest BCUT2D eigenvalue weighted by atomic mass is 16.5. The van der Waals surface area contributed by atoms with Crippen LogP contribution in [0.25, 0.3) is 33.3 Å². The molecular weight excluding hydrogens is 520 g/mol. The van der Waals surface area contributed by atoms with Crippen LogP contribution in [0.5, 0.6) is 11.5 Å². The normalized spacial score (nSPS) is 11.0. The van der Waals surface area contributed by atoms with Gasteiger partial charge in [0.25, 0.3) is 5.56 Å². The molecule has 0 saturated carbocycles. The Labute approximate surface area is 233 Å². The first-order valence-corrected chi connectivity index (χ1v) is 12.7. The van der Waals surface area contributed by atoms with Gasteiger partial charge in [0.2, 0.25) is 0 Å². The summed E-state index contributed by atoms with van der Waals surface area (Å²) in [7, 11) is 0. The summed E-state index contributed by atoms with van der Waals surface area (Å²) in [5, 5.41) is 11.1. The summed E-state index contributed by atoms with van der Waals surface area (Å²) in [5.74, 6) is 1.38. The average Bonchev–Trinajstić information content (AvgIpc) is 3.38. The number of nitrogens with zero attached hydrogens (tertiary/aromatic N) is 5. The van der Waals surface area contributed by atoms with Gasteiger partial charge in [0, 0.05) is 29.9 Å². The topological polar surface area (TPSA) is 140 Å². The number of nitrogens with one attached hydrogen (secondary N) is 3. The van der Waals surface area contributed by atoms with Gasteiger partial charge in [-0.15, -0.1) is 0 Å². The zero-order valence-electron chi connectivity index (χ0n) is 22.2. The summed E-state index contributed by atoms with van der Waals surface area (Å²) in [6.07, 6.45) is 4.33. The lowest BCUT2D eigenvalue weighted by atomic mass is 10.1. The summed E-state index contributed by atoms with van der Waals surface area (Å²) in [4.78, 5) is 40.3. The van der Waals surface area contributed by atoms with Crippen molar-refractivity contribution in [1.29, 1.82) is 0 Å². The first-order valence-electron chi connectivity index (χ1n) is 12.7. The molecule has 0 aliphatic heterocycles. The van der Waals surface area contributed by atoms with Crippen LogP contribution in [-0.2, 0) is 0 Å². The molecule has 0 aliphatic rings. The fraction of sp³-hybridized carbons (Fsp3) is 0.0667. The smallest absolute Gasteiger partial charge is 0.324 e. The molecule has 11 nitrogen and oxygen atoms in total. The van der Waals surface area contributed by atoms with Crippen molar-refractivity contribution in [3.63, 3.8) is 0 Å². The highest BCUT2D eigenvalue weighted by Crippen LogP contribution is 2.35. The number of hydrogen-bond donors (Lipinski definition) is 3. The predicted octanol–water partition coefficient (Wildman–Crippen LogP) is 5.83. The van der Waals surface area contributed by atoms with Gasteiger partial charge in [0.05, 0.1) is 28.8 Å². The summed E-state index contributed by atoms with van der Waals surface area (Å²) < 4.78 is 7.85. The van der Waals surface area contributed by atoms with E-state index in [1.54, 1.807) is 41.2 Å². The quantitative estimate of drug-likeness (QED) is 0.240. The van der Waals surface area contributed by atoms with Crippen molar-refractivity contribution in [1.82, 2.24) is 29.7 Å². The van der Waals surface area contributed by atoms with Gasteiger partial charge in [-0.1, -0.05) is 24.3 Å². The number of anilines is 2. The maximum Gasteiger partial charge on any atom is 0.324 e. The van der Waals surface area contributed by atoms with Gasteiger partial charge in [0.15, 0.2) is 11.4 Å². The molecule has 0 saturated heterocycles. The third kappa shape index (κ3) is 5.11. The van der Waals surface area contributed by atoms with E-state index >= 15 is 0 Å². The molecule has 11 heteroatoms. The third-order valence-corrected chi connectivity index (χ3v) is 6.30. The molecule has 4 heterocycles. The molecule has 0 radical (unpaired) electrons. The Morgan fingerprint density at radius 3 is 2.59 bits per heavy atom. The zero-order chi connectivity index (χ0) is 28.5. The average molecular weight is 545 g/mol. The Bertz CT molecular complexity index is 2010. The number of pyridine rings is 2. The molecule has 6 aromatic rings. The van der Waals surface area contributed by atoms with Gasteiger partial charge < -0.3 is 15.0 Å². The Kier molecular flexibility index (Phi) is 6.44. The second-order valence-corrected chi connectivity index (χ2v) is 9.39. The van der Waals surface area contributed by atoms with Crippen LogP contribution in [0.1, 0.15) is 18.2 Å². The van der Waals surface area contributed by atoms with Crippen LogP contribution in [0.4, 0.5) is 16.3 Å². The maximum atomic E-state index is 13.2. The molecule has 2 aromatic carbocycles. The van der Waals surface area contributed by atoms with Crippen LogP contribution < -0.4 is 20.9 Å². The molecule has 0 bridgehead atoms. The van der Waals surface area contributed by atoms with Gasteiger partial charge in [-0.2, -0.15) is 5.10 Å². The fourth-order valence-corrected chi connectivity index (χ4v) is 4.29. The number of urea groups is 1. The lowest BCUT2D eigenvalue weighted by Gasteiger charge is -2.14. The van der Waals surface area contributed by atoms with Crippen molar-refractivity contribution in [3.8, 4) is 17.2 Å². The number of aromatic nitrogens is 6. The van der Waals surface area contributed by atoms with E-state index in [0.717, 1.165) is 16.8 Å². The molecule has 4 aromatic heterocycles. The zero-order valence-corrected chi connectivity index (χ0v) is 22.2. The molecule has 2 amide bonds. The van der Waals surface area contributed by atoms with Gasteiger partial charge >= 0.3 is 6.03 Å². The van der Waals surface area contributed by atoms with Gasteiger partial charge in [-0.25, -0.2) is 19.4 Å². The monoisotopic (exact) mass is 544 g/mol. The van der Waals surface area contributed by atoms with Crippen molar-refractivity contribution < 1.29 is 9.53 Å². The summed E-state index contributed by atoms with van der Waals surface area (Å²) in [5.41, 5.74) is 4.71. The number of benzene rings is 2. The van der Waals surface area contributed by atoms with E-state index in [-0.39, 0.29) is 5.56 Å². The van der Waals surface area contributed by atoms with Crippen molar-refractivity contribution >= 4 is 45.2 Å². The molecule has 6 rings (SSSR count). The lowest BCUT2D eigenvalue weighted by molar-refractivity contribution is 0.262. The third-order valence-electron chi connectivity index (χ3n) is 6.30. The number of carbonyl (C=O) groups is 1. The number of fused-ring (bicyclic) bond motifs is 2. The number of amides is 2. The van der Waals surface area contributed by atoms with Crippen molar-refractivity contribution in [3.05, 3.63) is 107 Å². The minimum Gasteiger partial charge on any atom is -0.454 e. The van der Waals surface area contributed by atoms with Gasteiger partial charge in [0.1, 0.15) is 17.1 Å². The number of carbonyl (C=O) groups excluding carboxylic acids is 1. The van der Waals surface area contributed by atoms with E-state index in [4.69, 9.17) is 4.74 Å². The minimum atomic E-state index is -0.472. The van der Waals surface area contributed by atoms with E-state index in [9.17, 15) is 9.59 Å². The van der Waals surface area contributed by atoms with Gasteiger partial charge in [-0.3, -0.25) is 15.1 Å². The van der Waals surface area contributed by atoms with E-state index in [0.29, 0.717) is 50.8 Å². The van der Waals surface area contributed by atoms with Crippen LogP contribution in [0, 0.1) is 6.92 Å². The van der Waals surface area contributed by atoms with Crippen LogP contribution in [0.3, 0.4) is 0 Å². The summed E-state index contributed by atoms with van der Waals surface area (Å²) in [6.45, 7) is 7.84. The van der Waals surface area contributed by atoms with Crippen LogP contribution >= 0.6 is 0 Å². The second-order valence-electron chi connectivity index (χ2n) is 9.39. The molecule has 0 aliphatic carbocycles. The molecule has 202 valence electrons. The van der Waals surface area contributed by atoms with Crippen LogP contribution in [-0.4, -0.2) is 35.7 Å². The van der Waals surface area contributed by atoms with Gasteiger partial charge in [-0.05, 0) is 55.8 Å². The molecule has 0 atom stereocenters. The number of hydrogen-bond acceptors (Lipinski definition) is 7. The summed E-state index contributed by atoms with van der Waals surface area (Å²) in [6, 6.07) is 17.8. The molecule has 3 N–H and O–H groups in total. The standard InChI is InChI=1S/C30H24N8O3/c1-17(2)22-15-25(38(37-22)19-8-6-18(3)7-9-19)35-30(40)34-21-10-11-23(20-5-4-13-31-27(20)21)41-24-12-14-32-29-28(24)33-16-26(39)36-29/h4-16H,1H2,2-3H3,(H,32,36,39)(H2,34,35,40). The van der Waals surface area contributed by atoms with E-state index < -0.39 is 6.03 Å². The fourth-order valence-electron chi connectivity index (χ4n) is 4.29. The number of H-pyrrole nitrogens is 1. The van der Waals surface area contributed by atoms with Crippen LogP contribution in [0.15, 0.2) is 90.6 Å². The number of aromatic amines is 1. The maximum absolute atomic E-state index is 13.2. The molecular formula is C30H24N8O3. The van der Waals surface area contributed by atoms with Crippen LogP contribution in [0.2, 0.25) is 0 Å². The van der Waals surface area contributed by atoms with E-state index in [1.807, 2.05) is 44.2 Å². The molecule has 0 fully saturated rings. The largest absolute Gasteiger partial charge is 0.454 e. The molecule has 0 unspecified atom stereocenters. The number of allylic oxidation sites excluding steroid dienone is 1. The highest BCUT2D eigenvalue weighted by molar-refractivity contribution is 6.06. The minimum absolute atomic E-state index is 0.312. The Morgan fingerprint density at radius 1 is 0.951 bits per heavy atom. The predicted molar refractivity (Wildman–Crippen MR) is 158 cm³/mol. The van der Waals surface area contributed by atoms with Crippen molar-refractivity contribution in [2.45, 2.75) is 13.8 Å². The molecule has 0 spiro atoms. The molecule has 41 heavy (non-hydrogen) atoms. The summed E-state index contributed by atoms with van der Waals surface area (Å²) >= 11 is 0. The van der Waals surface area contributed by atoms with Crippen molar-refractivity contribution in [2.24, 2.45) is 0 Å². The number of aryl methyl sites for hydroxylation is 1. The van der Waals surface area contributed by atoms with E-state index in [1.165, 1.54) is 12.4 Å². The first-order chi connectivity index (χ1) is 19.9. The second kappa shape index (κ2) is 10.4. The highest BCUT2D eigenvalue weighted by Gasteiger charge is 2.16. The number of rotatable bonds is 6. The Balaban J connectivity index is 1.29. The van der Waals surface area contributed by atoms with E-state index in [2.05, 4.69) is 42.2 Å². The lowest BCUT2D eigenvalue weighted by Crippen LogP contribution is -2.21. The van der Waals surface area contributed by atoms with Crippen molar-refractivity contribution in [2.75, 3.05) is 10.6 Å². The Morgan fingerprint density at radius 2 is 1.78 bits per heavy atom. The number of ether oxygens (including phenoxy) is 1. The SMILES string of the molecule is C=C(C)c1cc(NC(=O)Nc2ccc(Oc3ccnc4[nH]c(=O)cnc34)c3cccnc23)n(-c2ccc(C)cc2)n1.